The van der Waals surface area contributed by atoms with E-state index in [1.54, 1.807) is 18.2 Å². The predicted octanol–water partition coefficient (Wildman–Crippen LogP) is 1.97. The summed E-state index contributed by atoms with van der Waals surface area (Å²) in [6, 6.07) is 7.25. The molecule has 0 saturated carbocycles. The first kappa shape index (κ1) is 16.4. The number of hydrogen-bond donors (Lipinski definition) is 2. The van der Waals surface area contributed by atoms with E-state index in [1.165, 1.54) is 13.2 Å². The monoisotopic (exact) mass is 346 g/mol. The smallest absolute Gasteiger partial charge is 0.286 e. The first-order valence-electron chi connectivity index (χ1n) is 7.22. The normalized spacial score (nSPS) is 11.9. The maximum absolute atomic E-state index is 12.4. The first-order valence-corrected chi connectivity index (χ1v) is 7.22. The summed E-state index contributed by atoms with van der Waals surface area (Å²) in [7, 11) is 1.41. The van der Waals surface area contributed by atoms with Gasteiger partial charge in [0.05, 0.1) is 18.1 Å². The molecule has 0 fully saturated rings. The Morgan fingerprint density at radius 3 is 2.76 bits per heavy atom. The number of carbonyl (C=O) groups is 1. The molecule has 9 heteroatoms. The van der Waals surface area contributed by atoms with Crippen molar-refractivity contribution in [3.8, 4) is 23.0 Å². The van der Waals surface area contributed by atoms with E-state index in [4.69, 9.17) is 14.2 Å². The standard InChI is InChI=1S/C16H14N2O7/c1-23-12-4-2-3-9(15(12)19)7-17-16(20)10-5-13-14(25-8-24-13)6-11(10)18(21)22/h2-6,19H,7-8H2,1H3,(H,17,20). The molecule has 2 N–H and O–H groups in total. The van der Waals surface area contributed by atoms with Crippen molar-refractivity contribution in [3.05, 3.63) is 51.6 Å². The van der Waals surface area contributed by atoms with Crippen molar-refractivity contribution in [1.29, 1.82) is 0 Å². The fraction of sp³-hybridized carbons (Fsp3) is 0.188. The summed E-state index contributed by atoms with van der Waals surface area (Å²) >= 11 is 0. The van der Waals surface area contributed by atoms with E-state index in [9.17, 15) is 20.0 Å². The van der Waals surface area contributed by atoms with E-state index in [0.29, 0.717) is 5.56 Å². The van der Waals surface area contributed by atoms with Crippen LogP contribution in [0.4, 0.5) is 5.69 Å². The van der Waals surface area contributed by atoms with Crippen molar-refractivity contribution in [2.45, 2.75) is 6.54 Å². The zero-order chi connectivity index (χ0) is 18.0. The molecule has 0 bridgehead atoms. The van der Waals surface area contributed by atoms with Crippen molar-refractivity contribution in [1.82, 2.24) is 5.32 Å². The second-order valence-electron chi connectivity index (χ2n) is 5.13. The lowest BCUT2D eigenvalue weighted by Crippen LogP contribution is -2.23. The van der Waals surface area contributed by atoms with Crippen molar-refractivity contribution in [2.75, 3.05) is 13.9 Å². The average Bonchev–Trinajstić information content (AvgIpc) is 3.07. The Morgan fingerprint density at radius 1 is 1.36 bits per heavy atom. The highest BCUT2D eigenvalue weighted by Crippen LogP contribution is 2.38. The number of nitro benzene ring substituents is 1. The molecule has 0 unspecified atom stereocenters. The lowest BCUT2D eigenvalue weighted by Gasteiger charge is -2.10. The largest absolute Gasteiger partial charge is 0.504 e. The van der Waals surface area contributed by atoms with Gasteiger partial charge in [-0.2, -0.15) is 0 Å². The number of rotatable bonds is 5. The van der Waals surface area contributed by atoms with Gasteiger partial charge in [-0.05, 0) is 6.07 Å². The summed E-state index contributed by atoms with van der Waals surface area (Å²) in [6.07, 6.45) is 0. The van der Waals surface area contributed by atoms with E-state index < -0.39 is 16.5 Å². The number of amides is 1. The second kappa shape index (κ2) is 6.56. The third kappa shape index (κ3) is 3.11. The SMILES string of the molecule is COc1cccc(CNC(=O)c2cc3c(cc2[N+](=O)[O-])OCO3)c1O. The van der Waals surface area contributed by atoms with Gasteiger partial charge in [0.25, 0.3) is 11.6 Å². The van der Waals surface area contributed by atoms with Crippen LogP contribution in [0.2, 0.25) is 0 Å². The van der Waals surface area contributed by atoms with Gasteiger partial charge in [0.15, 0.2) is 23.0 Å². The molecule has 0 atom stereocenters. The Labute approximate surface area is 141 Å². The van der Waals surface area contributed by atoms with Crippen LogP contribution in [0.25, 0.3) is 0 Å². The number of phenols is 1. The second-order valence-corrected chi connectivity index (χ2v) is 5.13. The van der Waals surface area contributed by atoms with Crippen LogP contribution in [-0.4, -0.2) is 29.8 Å². The molecule has 0 radical (unpaired) electrons. The molecule has 0 aliphatic carbocycles. The van der Waals surface area contributed by atoms with Gasteiger partial charge in [-0.1, -0.05) is 12.1 Å². The molecule has 1 aliphatic heterocycles. The number of para-hydroxylation sites is 1. The number of methoxy groups -OCH3 is 1. The number of phenolic OH excluding ortho intramolecular Hbond substituents is 1. The first-order chi connectivity index (χ1) is 12.0. The number of nitrogens with one attached hydrogen (secondary N) is 1. The number of hydrogen-bond acceptors (Lipinski definition) is 7. The lowest BCUT2D eigenvalue weighted by atomic mass is 10.1. The molecule has 25 heavy (non-hydrogen) atoms. The Bertz CT molecular complexity index is 851. The number of benzene rings is 2. The molecular formula is C16H14N2O7. The van der Waals surface area contributed by atoms with E-state index in [0.717, 1.165) is 6.07 Å². The number of ether oxygens (including phenoxy) is 3. The van der Waals surface area contributed by atoms with Crippen LogP contribution in [0, 0.1) is 10.1 Å². The molecule has 3 rings (SSSR count). The molecule has 0 spiro atoms. The van der Waals surface area contributed by atoms with Crippen LogP contribution in [0.1, 0.15) is 15.9 Å². The molecule has 2 aromatic rings. The Kier molecular flexibility index (Phi) is 4.29. The molecule has 0 saturated heterocycles. The van der Waals surface area contributed by atoms with Crippen LogP contribution in [0.3, 0.4) is 0 Å². The summed E-state index contributed by atoms with van der Waals surface area (Å²) in [6.45, 7) is -0.0945. The van der Waals surface area contributed by atoms with Crippen LogP contribution < -0.4 is 19.5 Å². The van der Waals surface area contributed by atoms with E-state index in [1.807, 2.05) is 0 Å². The quantitative estimate of drug-likeness (QED) is 0.627. The van der Waals surface area contributed by atoms with Crippen molar-refractivity contribution < 1.29 is 29.0 Å². The zero-order valence-electron chi connectivity index (χ0n) is 13.1. The summed E-state index contributed by atoms with van der Waals surface area (Å²) in [4.78, 5) is 22.9. The molecule has 0 aromatic heterocycles. The Hall–Kier alpha value is -3.49. The summed E-state index contributed by atoms with van der Waals surface area (Å²) in [5.74, 6) is -0.0350. The van der Waals surface area contributed by atoms with Crippen LogP contribution in [0.15, 0.2) is 30.3 Å². The van der Waals surface area contributed by atoms with Gasteiger partial charge in [-0.25, -0.2) is 0 Å². The third-order valence-electron chi connectivity index (χ3n) is 3.67. The molecule has 130 valence electrons. The topological polar surface area (TPSA) is 120 Å². The van der Waals surface area contributed by atoms with Gasteiger partial charge in [0.1, 0.15) is 5.56 Å². The van der Waals surface area contributed by atoms with E-state index in [-0.39, 0.29) is 41.9 Å². The molecular weight excluding hydrogens is 332 g/mol. The van der Waals surface area contributed by atoms with Gasteiger partial charge < -0.3 is 24.6 Å². The zero-order valence-corrected chi connectivity index (χ0v) is 13.1. The highest BCUT2D eigenvalue weighted by Gasteiger charge is 2.27. The summed E-state index contributed by atoms with van der Waals surface area (Å²) in [5.41, 5.74) is -0.135. The minimum Gasteiger partial charge on any atom is -0.504 e. The maximum atomic E-state index is 12.4. The fourth-order valence-electron chi connectivity index (χ4n) is 2.41. The van der Waals surface area contributed by atoms with Crippen LogP contribution >= 0.6 is 0 Å². The van der Waals surface area contributed by atoms with Gasteiger partial charge in [0.2, 0.25) is 6.79 Å². The van der Waals surface area contributed by atoms with Crippen molar-refractivity contribution in [2.24, 2.45) is 0 Å². The van der Waals surface area contributed by atoms with E-state index in [2.05, 4.69) is 5.32 Å². The summed E-state index contributed by atoms with van der Waals surface area (Å²) < 4.78 is 15.2. The van der Waals surface area contributed by atoms with Gasteiger partial charge in [0, 0.05) is 18.2 Å². The minimum absolute atomic E-state index is 0.0343. The Balaban J connectivity index is 1.83. The Morgan fingerprint density at radius 2 is 2.08 bits per heavy atom. The maximum Gasteiger partial charge on any atom is 0.286 e. The third-order valence-corrected chi connectivity index (χ3v) is 3.67. The molecule has 2 aromatic carbocycles. The highest BCUT2D eigenvalue weighted by atomic mass is 16.7. The van der Waals surface area contributed by atoms with Gasteiger partial charge >= 0.3 is 0 Å². The number of aromatic hydroxyl groups is 1. The molecule has 1 heterocycles. The summed E-state index contributed by atoms with van der Waals surface area (Å²) in [5, 5.41) is 23.8. The number of nitrogens with zero attached hydrogens (tertiary/aromatic N) is 1. The van der Waals surface area contributed by atoms with Crippen molar-refractivity contribution in [3.63, 3.8) is 0 Å². The van der Waals surface area contributed by atoms with Crippen molar-refractivity contribution >= 4 is 11.6 Å². The minimum atomic E-state index is -0.674. The van der Waals surface area contributed by atoms with Gasteiger partial charge in [-0.3, -0.25) is 14.9 Å². The van der Waals surface area contributed by atoms with Crippen LogP contribution in [-0.2, 0) is 6.54 Å². The molecule has 9 nitrogen and oxygen atoms in total. The number of fused-ring (bicyclic) bond motifs is 1. The molecule has 1 amide bonds. The van der Waals surface area contributed by atoms with Gasteiger partial charge in [-0.15, -0.1) is 0 Å². The highest BCUT2D eigenvalue weighted by molar-refractivity contribution is 5.99. The number of carbonyl (C=O) groups excluding carboxylic acids is 1. The average molecular weight is 346 g/mol. The predicted molar refractivity (Wildman–Crippen MR) is 85.0 cm³/mol. The fourth-order valence-corrected chi connectivity index (χ4v) is 2.41. The molecule has 1 aliphatic rings. The van der Waals surface area contributed by atoms with E-state index >= 15 is 0 Å². The van der Waals surface area contributed by atoms with Crippen LogP contribution in [0.5, 0.6) is 23.0 Å². The number of nitro groups is 1. The lowest BCUT2D eigenvalue weighted by molar-refractivity contribution is -0.385.